The molecule has 31 heavy (non-hydrogen) atoms. The minimum absolute atomic E-state index is 0.0210. The lowest BCUT2D eigenvalue weighted by Gasteiger charge is -2.14. The van der Waals surface area contributed by atoms with Crippen LogP contribution in [0.4, 0.5) is 5.69 Å². The second kappa shape index (κ2) is 7.36. The Morgan fingerprint density at radius 2 is 1.87 bits per heavy atom. The quantitative estimate of drug-likeness (QED) is 0.469. The average molecular weight is 443 g/mol. The molecule has 162 valence electrons. The summed E-state index contributed by atoms with van der Waals surface area (Å²) in [5.41, 5.74) is 0.468. The van der Waals surface area contributed by atoms with Crippen LogP contribution in [-0.2, 0) is 22.7 Å². The summed E-state index contributed by atoms with van der Waals surface area (Å²) in [7, 11) is -0.758. The highest BCUT2D eigenvalue weighted by Gasteiger charge is 2.22. The van der Waals surface area contributed by atoms with Crippen LogP contribution in [0.5, 0.6) is 5.75 Å². The zero-order valence-electron chi connectivity index (χ0n) is 17.4. The molecule has 0 aliphatic heterocycles. The van der Waals surface area contributed by atoms with Crippen LogP contribution in [0, 0.1) is 0 Å². The molecule has 0 saturated carbocycles. The Hall–Kier alpha value is -3.44. The molecule has 0 atom stereocenters. The standard InChI is InChI=1S/C20H22N6O4S/c1-20(2,27)14-10-23-26(12-14)17-8-6-15(11-21-17)31(28,29)24-18-16(30-4)7-5-13-9-22-25(3)19(13)18/h5-12,24,27H,1-4H3. The first-order valence-electron chi connectivity index (χ1n) is 9.35. The van der Waals surface area contributed by atoms with E-state index in [-0.39, 0.29) is 4.90 Å². The van der Waals surface area contributed by atoms with Crippen LogP contribution in [0.3, 0.4) is 0 Å². The first-order valence-corrected chi connectivity index (χ1v) is 10.8. The molecule has 0 spiro atoms. The van der Waals surface area contributed by atoms with Gasteiger partial charge in [0.15, 0.2) is 5.82 Å². The molecule has 1 aromatic carbocycles. The lowest BCUT2D eigenvalue weighted by atomic mass is 10.0. The van der Waals surface area contributed by atoms with Gasteiger partial charge in [0.05, 0.1) is 30.6 Å². The normalized spacial score (nSPS) is 12.3. The topological polar surface area (TPSA) is 124 Å². The van der Waals surface area contributed by atoms with Crippen LogP contribution in [0.2, 0.25) is 0 Å². The molecule has 11 heteroatoms. The fraction of sp³-hybridized carbons (Fsp3) is 0.250. The third-order valence-corrected chi connectivity index (χ3v) is 6.21. The number of hydrogen-bond donors (Lipinski definition) is 2. The van der Waals surface area contributed by atoms with E-state index in [0.717, 1.165) is 5.39 Å². The molecule has 0 aliphatic carbocycles. The highest BCUT2D eigenvalue weighted by molar-refractivity contribution is 7.92. The molecule has 0 aliphatic rings. The predicted molar refractivity (Wildman–Crippen MR) is 115 cm³/mol. The second-order valence-electron chi connectivity index (χ2n) is 7.54. The molecule has 3 aromatic heterocycles. The zero-order valence-corrected chi connectivity index (χ0v) is 18.3. The molecule has 0 unspecified atom stereocenters. The maximum Gasteiger partial charge on any atom is 0.263 e. The maximum absolute atomic E-state index is 13.0. The molecule has 0 radical (unpaired) electrons. The van der Waals surface area contributed by atoms with Crippen LogP contribution in [0.1, 0.15) is 19.4 Å². The summed E-state index contributed by atoms with van der Waals surface area (Å²) in [6.45, 7) is 3.31. The largest absolute Gasteiger partial charge is 0.494 e. The number of hydrogen-bond acceptors (Lipinski definition) is 7. The van der Waals surface area contributed by atoms with Crippen molar-refractivity contribution in [1.29, 1.82) is 0 Å². The van der Waals surface area contributed by atoms with E-state index in [2.05, 4.69) is 19.9 Å². The number of sulfonamides is 1. The highest BCUT2D eigenvalue weighted by Crippen LogP contribution is 2.34. The molecule has 4 aromatic rings. The Morgan fingerprint density at radius 3 is 2.48 bits per heavy atom. The Morgan fingerprint density at radius 1 is 1.10 bits per heavy atom. The number of aryl methyl sites for hydroxylation is 1. The van der Waals surface area contributed by atoms with Crippen LogP contribution in [-0.4, -0.2) is 45.2 Å². The molecule has 0 bridgehead atoms. The molecule has 0 amide bonds. The fourth-order valence-corrected chi connectivity index (χ4v) is 4.16. The molecule has 2 N–H and O–H groups in total. The third kappa shape index (κ3) is 3.84. The monoisotopic (exact) mass is 442 g/mol. The Balaban J connectivity index is 1.67. The van der Waals surface area contributed by atoms with Crippen molar-refractivity contribution < 1.29 is 18.3 Å². The van der Waals surface area contributed by atoms with Crippen LogP contribution >= 0.6 is 0 Å². The van der Waals surface area contributed by atoms with Crippen molar-refractivity contribution in [3.05, 3.63) is 54.6 Å². The van der Waals surface area contributed by atoms with Crippen molar-refractivity contribution in [1.82, 2.24) is 24.5 Å². The van der Waals surface area contributed by atoms with E-state index in [9.17, 15) is 13.5 Å². The number of methoxy groups -OCH3 is 1. The van der Waals surface area contributed by atoms with Crippen LogP contribution in [0.25, 0.3) is 16.7 Å². The van der Waals surface area contributed by atoms with E-state index < -0.39 is 15.6 Å². The summed E-state index contributed by atoms with van der Waals surface area (Å²) >= 11 is 0. The van der Waals surface area contributed by atoms with Crippen molar-refractivity contribution in [3.8, 4) is 11.6 Å². The van der Waals surface area contributed by atoms with Crippen molar-refractivity contribution in [3.63, 3.8) is 0 Å². The number of ether oxygens (including phenoxy) is 1. The Bertz CT molecular complexity index is 1350. The number of aliphatic hydroxyl groups is 1. The van der Waals surface area contributed by atoms with Gasteiger partial charge in [0.2, 0.25) is 0 Å². The average Bonchev–Trinajstić information content (AvgIpc) is 3.36. The summed E-state index contributed by atoms with van der Waals surface area (Å²) in [4.78, 5) is 4.19. The predicted octanol–water partition coefficient (Wildman–Crippen LogP) is 2.19. The summed E-state index contributed by atoms with van der Waals surface area (Å²) in [6.07, 6.45) is 6.07. The molecule has 10 nitrogen and oxygen atoms in total. The van der Waals surface area contributed by atoms with E-state index >= 15 is 0 Å². The lowest BCUT2D eigenvalue weighted by Crippen LogP contribution is -2.15. The van der Waals surface area contributed by atoms with Crippen LogP contribution in [0.15, 0.2) is 53.9 Å². The SMILES string of the molecule is COc1ccc2cnn(C)c2c1NS(=O)(=O)c1ccc(-n2cc(C(C)(C)O)cn2)nc1. The van der Waals surface area contributed by atoms with E-state index in [1.165, 1.54) is 36.3 Å². The van der Waals surface area contributed by atoms with Crippen molar-refractivity contribution in [2.24, 2.45) is 7.05 Å². The number of benzene rings is 1. The van der Waals surface area contributed by atoms with Gasteiger partial charge in [-0.25, -0.2) is 18.1 Å². The minimum atomic E-state index is -3.95. The van der Waals surface area contributed by atoms with E-state index in [1.807, 2.05) is 0 Å². The van der Waals surface area contributed by atoms with Crippen molar-refractivity contribution >= 4 is 26.6 Å². The summed E-state index contributed by atoms with van der Waals surface area (Å²) < 4.78 is 37.1. The summed E-state index contributed by atoms with van der Waals surface area (Å²) in [5.74, 6) is 0.792. The highest BCUT2D eigenvalue weighted by atomic mass is 32.2. The number of fused-ring (bicyclic) bond motifs is 1. The number of anilines is 1. The first-order chi connectivity index (χ1) is 14.6. The fourth-order valence-electron chi connectivity index (χ4n) is 3.14. The summed E-state index contributed by atoms with van der Waals surface area (Å²) in [6, 6.07) is 6.46. The van der Waals surface area contributed by atoms with E-state index in [1.54, 1.807) is 50.1 Å². The van der Waals surface area contributed by atoms with E-state index in [4.69, 9.17) is 4.74 Å². The van der Waals surface area contributed by atoms with Gasteiger partial charge < -0.3 is 9.84 Å². The molecular formula is C20H22N6O4S. The van der Waals surface area contributed by atoms with Gasteiger partial charge in [-0.15, -0.1) is 0 Å². The van der Waals surface area contributed by atoms with Gasteiger partial charge >= 0.3 is 0 Å². The summed E-state index contributed by atoms with van der Waals surface area (Å²) in [5, 5.41) is 19.2. The smallest absolute Gasteiger partial charge is 0.263 e. The molecule has 4 rings (SSSR count). The Kier molecular flexibility index (Phi) is 4.94. The van der Waals surface area contributed by atoms with Crippen molar-refractivity contribution in [2.75, 3.05) is 11.8 Å². The number of nitrogens with one attached hydrogen (secondary N) is 1. The van der Waals surface area contributed by atoms with Gasteiger partial charge in [0, 0.05) is 30.4 Å². The van der Waals surface area contributed by atoms with Gasteiger partial charge in [0.1, 0.15) is 16.3 Å². The van der Waals surface area contributed by atoms with Crippen LogP contribution < -0.4 is 9.46 Å². The Labute approximate surface area is 179 Å². The number of nitrogens with zero attached hydrogens (tertiary/aromatic N) is 5. The third-order valence-electron chi connectivity index (χ3n) is 4.88. The molecule has 0 saturated heterocycles. The van der Waals surface area contributed by atoms with Crippen molar-refractivity contribution in [2.45, 2.75) is 24.3 Å². The van der Waals surface area contributed by atoms with E-state index in [0.29, 0.717) is 28.3 Å². The van der Waals surface area contributed by atoms with Gasteiger partial charge in [-0.2, -0.15) is 10.2 Å². The van der Waals surface area contributed by atoms with Gasteiger partial charge in [-0.05, 0) is 38.1 Å². The number of rotatable bonds is 6. The number of pyridine rings is 1. The minimum Gasteiger partial charge on any atom is -0.494 e. The van der Waals surface area contributed by atoms with Gasteiger partial charge in [-0.3, -0.25) is 9.40 Å². The second-order valence-corrected chi connectivity index (χ2v) is 9.22. The van der Waals surface area contributed by atoms with Gasteiger partial charge in [-0.1, -0.05) is 0 Å². The van der Waals surface area contributed by atoms with Gasteiger partial charge in [0.25, 0.3) is 10.0 Å². The zero-order chi connectivity index (χ0) is 22.4. The maximum atomic E-state index is 13.0. The lowest BCUT2D eigenvalue weighted by molar-refractivity contribution is 0.0786. The number of aromatic nitrogens is 5. The molecule has 3 heterocycles. The molecule has 0 fully saturated rings. The molecular weight excluding hydrogens is 420 g/mol. The first kappa shape index (κ1) is 20.8.